The standard InChI is InChI=1S/2C23H27N3O.C22H24FN3O.C21H23N3/c1-16-7-8-21-19(11-16)20-14-25-10-4-6-18(25)12-22(20)26(21)15-23(2,27)17-5-3-9-24-13-17;1-16-5-6-21-19(12-16)20-14-25-11-3-4-18(25)13-22(20)26(21)15-23(2,27)17-7-9-24-10-8-17;1-22(27,15-4-2-8-24-12-15)14-26-20-7-6-16(23)10-18(20)19-13-25-9-3-5-17(25)11-21(19)26;1-2-7-18-17(6-1)21-19-8-4-12-23(19)13-10-20(21)24(18)14-9-16-5-3-11-22-15-16/h3,5,7-9,11,13,18,27H,4,6,10,12,14-15H2,1-2H3;5-10,12,18,27H,3-4,11,13-15H2,1-2H3;2,4,6-8,10,12,17,27H,3,5,9,11,13-14H2,1H3;1-3,5-7,11,15,19H,4,8-10,12-14H2. The molecule has 0 amide bonds. The van der Waals surface area contributed by atoms with Crippen molar-refractivity contribution < 1.29 is 19.7 Å². The summed E-state index contributed by atoms with van der Waals surface area (Å²) in [5, 5.41) is 39.0. The molecule has 8 aliphatic heterocycles. The summed E-state index contributed by atoms with van der Waals surface area (Å²) in [6, 6.07) is 45.7. The number of pyridine rings is 4. The average molecular weight is 1410 g/mol. The van der Waals surface area contributed by atoms with Crippen molar-refractivity contribution in [3.8, 4) is 0 Å². The molecule has 20 rings (SSSR count). The number of aliphatic hydroxyl groups is 3. The van der Waals surface area contributed by atoms with E-state index in [1.807, 2.05) is 81.7 Å². The third kappa shape index (κ3) is 13.5. The lowest BCUT2D eigenvalue weighted by atomic mass is 9.96. The van der Waals surface area contributed by atoms with Gasteiger partial charge in [0.05, 0.1) is 19.6 Å². The van der Waals surface area contributed by atoms with Crippen LogP contribution < -0.4 is 0 Å². The van der Waals surface area contributed by atoms with Crippen LogP contribution in [0.5, 0.6) is 0 Å². The van der Waals surface area contributed by atoms with Gasteiger partial charge in [0.2, 0.25) is 0 Å². The number of hydrogen-bond donors (Lipinski definition) is 3. The van der Waals surface area contributed by atoms with E-state index in [1.54, 1.807) is 54.5 Å². The molecular formula is C89H101FN12O3. The van der Waals surface area contributed by atoms with Crippen LogP contribution in [-0.2, 0) is 94.7 Å². The molecule has 16 heteroatoms. The molecule has 15 nitrogen and oxygen atoms in total. The number of para-hydroxylation sites is 1. The van der Waals surface area contributed by atoms with Crippen LogP contribution in [0, 0.1) is 19.7 Å². The topological polar surface area (TPSA) is 145 Å². The molecule has 12 aromatic rings. The SMILES string of the molecule is CC(O)(Cn1c2c(c3cc(F)ccc31)CN1CCCC1C2)c1cccnc1.Cc1ccc2c(c1)c1c(n2CC(C)(O)c2cccnc2)CC2CCCN2C1.Cc1ccc2c(c1)c1c(n2CC(C)(O)c2ccncc2)CC2CCCN2C1.c1cncc(CCn2c3c(c4ccccc42)C2CCCN2CC3)c1. The molecule has 4 aromatic carbocycles. The van der Waals surface area contributed by atoms with E-state index >= 15 is 0 Å². The number of halogens is 1. The van der Waals surface area contributed by atoms with Crippen molar-refractivity contribution in [1.82, 2.24) is 57.8 Å². The van der Waals surface area contributed by atoms with Gasteiger partial charge in [0.15, 0.2) is 0 Å². The monoisotopic (exact) mass is 1400 g/mol. The van der Waals surface area contributed by atoms with Gasteiger partial charge >= 0.3 is 0 Å². The fourth-order valence-electron chi connectivity index (χ4n) is 19.7. The number of fused-ring (bicyclic) bond motifs is 17. The molecule has 7 atom stereocenters. The lowest BCUT2D eigenvalue weighted by Crippen LogP contribution is -2.37. The Kier molecular flexibility index (Phi) is 18.8. The molecule has 8 aromatic heterocycles. The van der Waals surface area contributed by atoms with E-state index in [1.165, 1.54) is 173 Å². The third-order valence-corrected chi connectivity index (χ3v) is 25.1. The van der Waals surface area contributed by atoms with Gasteiger partial charge in [-0.3, -0.25) is 39.5 Å². The molecule has 16 heterocycles. The first-order chi connectivity index (χ1) is 51.0. The molecule has 7 unspecified atom stereocenters. The molecule has 4 fully saturated rings. The van der Waals surface area contributed by atoms with Gasteiger partial charge in [0.25, 0.3) is 0 Å². The van der Waals surface area contributed by atoms with Gasteiger partial charge in [-0.05, 0) is 231 Å². The Labute approximate surface area is 616 Å². The molecule has 4 saturated heterocycles. The van der Waals surface area contributed by atoms with Gasteiger partial charge in [0, 0.05) is 210 Å². The van der Waals surface area contributed by atoms with Crippen molar-refractivity contribution >= 4 is 43.6 Å². The summed E-state index contributed by atoms with van der Waals surface area (Å²) in [4.78, 5) is 27.2. The largest absolute Gasteiger partial charge is 0.384 e. The predicted molar refractivity (Wildman–Crippen MR) is 415 cm³/mol. The van der Waals surface area contributed by atoms with Crippen LogP contribution in [0.3, 0.4) is 0 Å². The van der Waals surface area contributed by atoms with Crippen LogP contribution in [0.2, 0.25) is 0 Å². The van der Waals surface area contributed by atoms with Crippen molar-refractivity contribution in [2.45, 2.75) is 205 Å². The Morgan fingerprint density at radius 1 is 0.419 bits per heavy atom. The van der Waals surface area contributed by atoms with Crippen LogP contribution in [0.1, 0.15) is 157 Å². The van der Waals surface area contributed by atoms with Crippen molar-refractivity contribution in [2.75, 3.05) is 32.7 Å². The molecule has 3 N–H and O–H groups in total. The van der Waals surface area contributed by atoms with Crippen molar-refractivity contribution in [3.05, 3.63) is 261 Å². The van der Waals surface area contributed by atoms with Gasteiger partial charge in [-0.15, -0.1) is 0 Å². The minimum absolute atomic E-state index is 0.204. The number of rotatable bonds is 12. The maximum Gasteiger partial charge on any atom is 0.123 e. The van der Waals surface area contributed by atoms with E-state index in [-0.39, 0.29) is 5.82 Å². The zero-order chi connectivity index (χ0) is 71.7. The summed E-state index contributed by atoms with van der Waals surface area (Å²) < 4.78 is 23.6. The van der Waals surface area contributed by atoms with Crippen LogP contribution in [-0.4, -0.2) is 124 Å². The highest BCUT2D eigenvalue weighted by molar-refractivity contribution is 5.89. The minimum atomic E-state index is -1.05. The highest BCUT2D eigenvalue weighted by atomic mass is 19.1. The maximum absolute atomic E-state index is 14.0. The highest BCUT2D eigenvalue weighted by Gasteiger charge is 2.41. The van der Waals surface area contributed by atoms with E-state index in [0.29, 0.717) is 43.8 Å². The minimum Gasteiger partial charge on any atom is -0.384 e. The van der Waals surface area contributed by atoms with E-state index in [9.17, 15) is 19.7 Å². The van der Waals surface area contributed by atoms with Gasteiger partial charge in [0.1, 0.15) is 22.6 Å². The van der Waals surface area contributed by atoms with Gasteiger partial charge in [-0.25, -0.2) is 4.39 Å². The smallest absolute Gasteiger partial charge is 0.123 e. The van der Waals surface area contributed by atoms with Crippen LogP contribution >= 0.6 is 0 Å². The molecule has 105 heavy (non-hydrogen) atoms. The first-order valence-corrected chi connectivity index (χ1v) is 38.8. The number of hydrogen-bond acceptors (Lipinski definition) is 11. The number of nitrogens with zero attached hydrogens (tertiary/aromatic N) is 12. The normalized spacial score (nSPS) is 21.5. The second-order valence-electron chi connectivity index (χ2n) is 32.3. The zero-order valence-electron chi connectivity index (χ0n) is 61.8. The molecule has 0 aliphatic carbocycles. The Bertz CT molecular complexity index is 4730. The van der Waals surface area contributed by atoms with Gasteiger partial charge in [-0.2, -0.15) is 0 Å². The average Bonchev–Trinajstić information content (AvgIpc) is 1.61. The third-order valence-electron chi connectivity index (χ3n) is 25.1. The fourth-order valence-corrected chi connectivity index (χ4v) is 19.7. The summed E-state index contributed by atoms with van der Waals surface area (Å²) in [5.74, 6) is -0.204. The lowest BCUT2D eigenvalue weighted by Gasteiger charge is -2.32. The van der Waals surface area contributed by atoms with Crippen molar-refractivity contribution in [2.24, 2.45) is 0 Å². The fraction of sp³-hybridized carbons (Fsp3) is 0.416. The summed E-state index contributed by atoms with van der Waals surface area (Å²) in [6.07, 6.45) is 30.0. The summed E-state index contributed by atoms with van der Waals surface area (Å²) in [7, 11) is 0. The lowest BCUT2D eigenvalue weighted by molar-refractivity contribution is 0.0374. The second kappa shape index (κ2) is 28.5. The molecule has 0 saturated carbocycles. The Morgan fingerprint density at radius 3 is 1.38 bits per heavy atom. The Balaban J connectivity index is 0.000000103. The molecule has 0 bridgehead atoms. The number of aryl methyl sites for hydroxylation is 4. The summed E-state index contributed by atoms with van der Waals surface area (Å²) in [5.41, 5.74) is 20.0. The molecular weight excluding hydrogens is 1300 g/mol. The zero-order valence-corrected chi connectivity index (χ0v) is 61.8. The first kappa shape index (κ1) is 69.3. The quantitative estimate of drug-likeness (QED) is 0.107. The molecule has 0 spiro atoms. The van der Waals surface area contributed by atoms with Crippen molar-refractivity contribution in [3.63, 3.8) is 0 Å². The van der Waals surface area contributed by atoms with Gasteiger partial charge in [-0.1, -0.05) is 59.7 Å². The van der Waals surface area contributed by atoms with Crippen LogP contribution in [0.15, 0.2) is 177 Å². The molecule has 542 valence electrons. The van der Waals surface area contributed by atoms with Gasteiger partial charge < -0.3 is 33.6 Å². The predicted octanol–water partition coefficient (Wildman–Crippen LogP) is 15.1. The van der Waals surface area contributed by atoms with E-state index in [0.717, 1.165) is 86.0 Å². The summed E-state index contributed by atoms with van der Waals surface area (Å²) >= 11 is 0. The number of aromatic nitrogens is 8. The van der Waals surface area contributed by atoms with E-state index in [2.05, 4.69) is 138 Å². The first-order valence-electron chi connectivity index (χ1n) is 38.8. The highest BCUT2D eigenvalue weighted by Crippen LogP contribution is 2.45. The second-order valence-corrected chi connectivity index (χ2v) is 32.3. The summed E-state index contributed by atoms with van der Waals surface area (Å²) in [6.45, 7) is 21.6. The Morgan fingerprint density at radius 2 is 0.876 bits per heavy atom. The number of benzene rings is 4. The molecule has 0 radical (unpaired) electrons. The Hall–Kier alpha value is -8.71. The maximum atomic E-state index is 14.0. The van der Waals surface area contributed by atoms with Crippen LogP contribution in [0.4, 0.5) is 4.39 Å². The van der Waals surface area contributed by atoms with E-state index < -0.39 is 16.8 Å². The van der Waals surface area contributed by atoms with Crippen LogP contribution in [0.25, 0.3) is 43.6 Å². The van der Waals surface area contributed by atoms with Crippen molar-refractivity contribution in [1.29, 1.82) is 0 Å². The molecule has 8 aliphatic rings. The van der Waals surface area contributed by atoms with E-state index in [4.69, 9.17) is 0 Å².